The van der Waals surface area contributed by atoms with Gasteiger partial charge in [0.1, 0.15) is 6.61 Å². The van der Waals surface area contributed by atoms with Gasteiger partial charge in [0.15, 0.2) is 11.5 Å². The topological polar surface area (TPSA) is 50.7 Å². The second-order valence-electron chi connectivity index (χ2n) is 4.06. The Morgan fingerprint density at radius 1 is 1.26 bits per heavy atom. The average molecular weight is 285 g/mol. The second kappa shape index (κ2) is 9.81. The number of rotatable bonds is 10. The van der Waals surface area contributed by atoms with Crippen LogP contribution in [-0.2, 0) is 0 Å². The molecule has 4 nitrogen and oxygen atoms in total. The van der Waals surface area contributed by atoms with E-state index >= 15 is 0 Å². The van der Waals surface area contributed by atoms with E-state index in [4.69, 9.17) is 14.6 Å². The molecule has 19 heavy (non-hydrogen) atoms. The standard InChI is InChI=1S/C14H23NO3S/c1-17-13-6-5-12(11-14(13)18-9-8-16)15-7-3-4-10-19-2/h5-6,11,15-16H,3-4,7-10H2,1-2H3. The van der Waals surface area contributed by atoms with Crippen LogP contribution in [0.1, 0.15) is 12.8 Å². The molecule has 0 amide bonds. The summed E-state index contributed by atoms with van der Waals surface area (Å²) >= 11 is 1.88. The van der Waals surface area contributed by atoms with E-state index in [9.17, 15) is 0 Å². The first-order valence-corrected chi connectivity index (χ1v) is 7.85. The van der Waals surface area contributed by atoms with Gasteiger partial charge in [-0.2, -0.15) is 11.8 Å². The van der Waals surface area contributed by atoms with Crippen LogP contribution in [0.5, 0.6) is 11.5 Å². The molecule has 108 valence electrons. The van der Waals surface area contributed by atoms with Crippen molar-refractivity contribution in [1.29, 1.82) is 0 Å². The summed E-state index contributed by atoms with van der Waals surface area (Å²) in [5.74, 6) is 2.54. The van der Waals surface area contributed by atoms with Gasteiger partial charge in [0.2, 0.25) is 0 Å². The van der Waals surface area contributed by atoms with Crippen LogP contribution >= 0.6 is 11.8 Å². The van der Waals surface area contributed by atoms with Crippen LogP contribution in [0.15, 0.2) is 18.2 Å². The summed E-state index contributed by atoms with van der Waals surface area (Å²) in [5.41, 5.74) is 1.01. The molecule has 0 saturated heterocycles. The van der Waals surface area contributed by atoms with E-state index in [1.54, 1.807) is 7.11 Å². The SMILES string of the molecule is COc1ccc(NCCCCSC)cc1OCCO. The number of anilines is 1. The van der Waals surface area contributed by atoms with Gasteiger partial charge < -0.3 is 19.9 Å². The lowest BCUT2D eigenvalue weighted by atomic mass is 10.2. The minimum atomic E-state index is -0.00447. The summed E-state index contributed by atoms with van der Waals surface area (Å²) in [4.78, 5) is 0. The summed E-state index contributed by atoms with van der Waals surface area (Å²) in [6.45, 7) is 1.22. The van der Waals surface area contributed by atoms with Crippen molar-refractivity contribution in [2.75, 3.05) is 44.2 Å². The van der Waals surface area contributed by atoms with Crippen molar-refractivity contribution in [3.05, 3.63) is 18.2 Å². The maximum absolute atomic E-state index is 8.80. The Bertz CT molecular complexity index is 361. The average Bonchev–Trinajstić information content (AvgIpc) is 2.45. The molecular formula is C14H23NO3S. The monoisotopic (exact) mass is 285 g/mol. The fourth-order valence-electron chi connectivity index (χ4n) is 1.66. The number of unbranched alkanes of at least 4 members (excludes halogenated alkanes) is 1. The summed E-state index contributed by atoms with van der Waals surface area (Å²) < 4.78 is 10.7. The molecule has 0 unspecified atom stereocenters. The number of nitrogens with one attached hydrogen (secondary N) is 1. The molecule has 1 aromatic rings. The molecule has 0 aliphatic carbocycles. The van der Waals surface area contributed by atoms with Crippen LogP contribution in [-0.4, -0.2) is 44.0 Å². The van der Waals surface area contributed by atoms with E-state index in [1.165, 1.54) is 12.2 Å². The number of benzene rings is 1. The maximum Gasteiger partial charge on any atom is 0.163 e. The highest BCUT2D eigenvalue weighted by atomic mass is 32.2. The van der Waals surface area contributed by atoms with Gasteiger partial charge in [0.25, 0.3) is 0 Å². The lowest BCUT2D eigenvalue weighted by Gasteiger charge is -2.12. The Morgan fingerprint density at radius 3 is 2.79 bits per heavy atom. The molecule has 2 N–H and O–H groups in total. The van der Waals surface area contributed by atoms with Gasteiger partial charge in [-0.3, -0.25) is 0 Å². The summed E-state index contributed by atoms with van der Waals surface area (Å²) in [5, 5.41) is 12.2. The van der Waals surface area contributed by atoms with E-state index < -0.39 is 0 Å². The minimum Gasteiger partial charge on any atom is -0.493 e. The number of methoxy groups -OCH3 is 1. The normalized spacial score (nSPS) is 10.3. The first kappa shape index (κ1) is 16.0. The third kappa shape index (κ3) is 6.07. The molecule has 1 rings (SSSR count). The molecule has 1 aromatic carbocycles. The molecule has 5 heteroatoms. The largest absolute Gasteiger partial charge is 0.493 e. The van der Waals surface area contributed by atoms with Crippen molar-refractivity contribution < 1.29 is 14.6 Å². The number of ether oxygens (including phenoxy) is 2. The summed E-state index contributed by atoms with van der Waals surface area (Å²) in [7, 11) is 1.61. The van der Waals surface area contributed by atoms with Gasteiger partial charge in [-0.15, -0.1) is 0 Å². The number of thioether (sulfide) groups is 1. The van der Waals surface area contributed by atoms with Crippen LogP contribution < -0.4 is 14.8 Å². The smallest absolute Gasteiger partial charge is 0.163 e. The first-order chi connectivity index (χ1) is 9.31. The number of hydrogen-bond acceptors (Lipinski definition) is 5. The van der Waals surface area contributed by atoms with E-state index in [-0.39, 0.29) is 13.2 Å². The van der Waals surface area contributed by atoms with Gasteiger partial charge in [0, 0.05) is 18.3 Å². The van der Waals surface area contributed by atoms with Crippen LogP contribution in [0, 0.1) is 0 Å². The Hall–Kier alpha value is -1.07. The molecule has 0 aromatic heterocycles. The second-order valence-corrected chi connectivity index (χ2v) is 5.05. The highest BCUT2D eigenvalue weighted by Gasteiger charge is 2.05. The Balaban J connectivity index is 2.49. The van der Waals surface area contributed by atoms with E-state index in [0.29, 0.717) is 11.5 Å². The zero-order valence-corrected chi connectivity index (χ0v) is 12.5. The van der Waals surface area contributed by atoms with Crippen molar-refractivity contribution in [2.24, 2.45) is 0 Å². The van der Waals surface area contributed by atoms with Crippen molar-refractivity contribution in [3.8, 4) is 11.5 Å². The first-order valence-electron chi connectivity index (χ1n) is 6.46. The van der Waals surface area contributed by atoms with Crippen LogP contribution in [0.3, 0.4) is 0 Å². The lowest BCUT2D eigenvalue weighted by molar-refractivity contribution is 0.196. The van der Waals surface area contributed by atoms with Crippen molar-refractivity contribution >= 4 is 17.4 Å². The van der Waals surface area contributed by atoms with Crippen molar-refractivity contribution in [3.63, 3.8) is 0 Å². The van der Waals surface area contributed by atoms with Crippen LogP contribution in [0.4, 0.5) is 5.69 Å². The minimum absolute atomic E-state index is 0.00447. The van der Waals surface area contributed by atoms with Crippen molar-refractivity contribution in [1.82, 2.24) is 0 Å². The summed E-state index contributed by atoms with van der Waals surface area (Å²) in [6, 6.07) is 5.75. The van der Waals surface area contributed by atoms with Crippen molar-refractivity contribution in [2.45, 2.75) is 12.8 Å². The number of aliphatic hydroxyl groups excluding tert-OH is 1. The quantitative estimate of drug-likeness (QED) is 0.647. The Labute approximate surface area is 119 Å². The third-order valence-electron chi connectivity index (χ3n) is 2.62. The van der Waals surface area contributed by atoms with E-state index in [1.807, 2.05) is 30.0 Å². The van der Waals surface area contributed by atoms with Crippen LogP contribution in [0.25, 0.3) is 0 Å². The molecule has 0 bridgehead atoms. The predicted molar refractivity (Wildman–Crippen MR) is 81.7 cm³/mol. The molecule has 0 fully saturated rings. The van der Waals surface area contributed by atoms with E-state index in [0.717, 1.165) is 18.7 Å². The number of hydrogen-bond donors (Lipinski definition) is 2. The fourth-order valence-corrected chi connectivity index (χ4v) is 2.15. The summed E-state index contributed by atoms with van der Waals surface area (Å²) in [6.07, 6.45) is 4.50. The van der Waals surface area contributed by atoms with Gasteiger partial charge in [0.05, 0.1) is 13.7 Å². The molecular weight excluding hydrogens is 262 g/mol. The molecule has 0 heterocycles. The van der Waals surface area contributed by atoms with Gasteiger partial charge in [-0.05, 0) is 37.0 Å². The molecule has 0 aliphatic rings. The third-order valence-corrected chi connectivity index (χ3v) is 3.31. The maximum atomic E-state index is 8.80. The van der Waals surface area contributed by atoms with Gasteiger partial charge in [-0.25, -0.2) is 0 Å². The predicted octanol–water partition coefficient (Wildman–Crippen LogP) is 2.62. The number of aliphatic hydroxyl groups is 1. The lowest BCUT2D eigenvalue weighted by Crippen LogP contribution is -2.05. The molecule has 0 spiro atoms. The highest BCUT2D eigenvalue weighted by Crippen LogP contribution is 2.30. The zero-order valence-electron chi connectivity index (χ0n) is 11.6. The van der Waals surface area contributed by atoms with Crippen LogP contribution in [0.2, 0.25) is 0 Å². The highest BCUT2D eigenvalue weighted by molar-refractivity contribution is 7.98. The Morgan fingerprint density at radius 2 is 2.11 bits per heavy atom. The molecule has 0 atom stereocenters. The molecule has 0 saturated carbocycles. The fraction of sp³-hybridized carbons (Fsp3) is 0.571. The van der Waals surface area contributed by atoms with Gasteiger partial charge in [-0.1, -0.05) is 0 Å². The molecule has 0 aliphatic heterocycles. The molecule has 0 radical (unpaired) electrons. The van der Waals surface area contributed by atoms with E-state index in [2.05, 4.69) is 11.6 Å². The Kier molecular flexibility index (Phi) is 8.25. The zero-order chi connectivity index (χ0) is 13.9. The van der Waals surface area contributed by atoms with Gasteiger partial charge >= 0.3 is 0 Å².